The highest BCUT2D eigenvalue weighted by Gasteiger charge is 2.05. The van der Waals surface area contributed by atoms with Crippen molar-refractivity contribution in [2.45, 2.75) is 12.8 Å². The maximum atomic E-state index is 12.2. The number of hydrogen-bond donors (Lipinski definition) is 2. The minimum Gasteiger partial charge on any atom is -0.340 e. The second-order valence-corrected chi connectivity index (χ2v) is 6.45. The van der Waals surface area contributed by atoms with E-state index in [0.29, 0.717) is 18.1 Å². The van der Waals surface area contributed by atoms with Crippen molar-refractivity contribution in [2.24, 2.45) is 0 Å². The molecular weight excluding hydrogens is 364 g/mol. The second-order valence-electron chi connectivity index (χ2n) is 6.45. The molecule has 0 fully saturated rings. The Morgan fingerprint density at radius 1 is 0.931 bits per heavy atom. The molecule has 29 heavy (non-hydrogen) atoms. The predicted molar refractivity (Wildman–Crippen MR) is 112 cm³/mol. The lowest BCUT2D eigenvalue weighted by atomic mass is 10.1. The van der Waals surface area contributed by atoms with Gasteiger partial charge in [-0.3, -0.25) is 4.79 Å². The molecule has 2 aromatic carbocycles. The van der Waals surface area contributed by atoms with Crippen LogP contribution < -0.4 is 10.6 Å². The molecule has 4 aromatic rings. The SMILES string of the molecule is O=C(CCc1ccccc1)Nc1ccc(Nc2cc(-n3cccn3)ncn2)cc1. The first kappa shape index (κ1) is 18.4. The number of aryl methyl sites for hydroxylation is 1. The third-order valence-electron chi connectivity index (χ3n) is 4.32. The first-order chi connectivity index (χ1) is 14.3. The molecule has 0 unspecified atom stereocenters. The van der Waals surface area contributed by atoms with E-state index < -0.39 is 0 Å². The Morgan fingerprint density at radius 2 is 1.72 bits per heavy atom. The largest absolute Gasteiger partial charge is 0.340 e. The molecule has 2 heterocycles. The van der Waals surface area contributed by atoms with Crippen LogP contribution in [-0.2, 0) is 11.2 Å². The van der Waals surface area contributed by atoms with Crippen molar-refractivity contribution in [2.75, 3.05) is 10.6 Å². The average molecular weight is 384 g/mol. The van der Waals surface area contributed by atoms with E-state index in [1.165, 1.54) is 6.33 Å². The zero-order valence-electron chi connectivity index (χ0n) is 15.7. The monoisotopic (exact) mass is 384 g/mol. The number of hydrogen-bond acceptors (Lipinski definition) is 5. The van der Waals surface area contributed by atoms with Crippen molar-refractivity contribution in [1.29, 1.82) is 0 Å². The van der Waals surface area contributed by atoms with Crippen LogP contribution in [0.25, 0.3) is 5.82 Å². The van der Waals surface area contributed by atoms with Crippen molar-refractivity contribution in [3.05, 3.63) is 91.0 Å². The van der Waals surface area contributed by atoms with Crippen molar-refractivity contribution < 1.29 is 4.79 Å². The Morgan fingerprint density at radius 3 is 2.48 bits per heavy atom. The Hall–Kier alpha value is -4.00. The van der Waals surface area contributed by atoms with E-state index in [1.54, 1.807) is 10.9 Å². The molecule has 144 valence electrons. The third-order valence-corrected chi connectivity index (χ3v) is 4.32. The molecule has 2 aromatic heterocycles. The topological polar surface area (TPSA) is 84.7 Å². The first-order valence-electron chi connectivity index (χ1n) is 9.29. The molecule has 0 bridgehead atoms. The van der Waals surface area contributed by atoms with Crippen LogP contribution in [0.5, 0.6) is 0 Å². The highest BCUT2D eigenvalue weighted by molar-refractivity contribution is 5.91. The van der Waals surface area contributed by atoms with Gasteiger partial charge in [0.1, 0.15) is 12.1 Å². The molecule has 0 spiro atoms. The van der Waals surface area contributed by atoms with Gasteiger partial charge in [-0.25, -0.2) is 14.6 Å². The highest BCUT2D eigenvalue weighted by Crippen LogP contribution is 2.19. The number of amides is 1. The summed E-state index contributed by atoms with van der Waals surface area (Å²) >= 11 is 0. The number of nitrogens with zero attached hydrogens (tertiary/aromatic N) is 4. The van der Waals surface area contributed by atoms with Crippen molar-refractivity contribution in [3.63, 3.8) is 0 Å². The van der Waals surface area contributed by atoms with Crippen LogP contribution in [-0.4, -0.2) is 25.7 Å². The smallest absolute Gasteiger partial charge is 0.224 e. The lowest BCUT2D eigenvalue weighted by molar-refractivity contribution is -0.116. The lowest BCUT2D eigenvalue weighted by Crippen LogP contribution is -2.12. The number of benzene rings is 2. The zero-order chi connectivity index (χ0) is 19.9. The molecule has 0 saturated carbocycles. The van der Waals surface area contributed by atoms with Crippen LogP contribution in [0.4, 0.5) is 17.2 Å². The van der Waals surface area contributed by atoms with Crippen LogP contribution in [0.1, 0.15) is 12.0 Å². The number of carbonyl (C=O) groups is 1. The van der Waals surface area contributed by atoms with Gasteiger partial charge in [0.15, 0.2) is 5.82 Å². The number of rotatable bonds is 7. The van der Waals surface area contributed by atoms with E-state index in [-0.39, 0.29) is 5.91 Å². The van der Waals surface area contributed by atoms with Crippen LogP contribution in [0.3, 0.4) is 0 Å². The number of nitrogens with one attached hydrogen (secondary N) is 2. The van der Waals surface area contributed by atoms with Crippen LogP contribution in [0.2, 0.25) is 0 Å². The summed E-state index contributed by atoms with van der Waals surface area (Å²) in [6.45, 7) is 0. The molecule has 0 saturated heterocycles. The summed E-state index contributed by atoms with van der Waals surface area (Å²) in [6, 6.07) is 21.1. The predicted octanol–water partition coefficient (Wildman–Crippen LogP) is 3.98. The summed E-state index contributed by atoms with van der Waals surface area (Å²) in [5.74, 6) is 1.33. The fraction of sp³-hybridized carbons (Fsp3) is 0.0909. The fourth-order valence-electron chi connectivity index (χ4n) is 2.86. The third kappa shape index (κ3) is 5.04. The van der Waals surface area contributed by atoms with Gasteiger partial charge in [-0.1, -0.05) is 30.3 Å². The quantitative estimate of drug-likeness (QED) is 0.503. The minimum atomic E-state index is -0.00535. The van der Waals surface area contributed by atoms with Gasteiger partial charge in [-0.15, -0.1) is 0 Å². The number of carbonyl (C=O) groups excluding carboxylic acids is 1. The summed E-state index contributed by atoms with van der Waals surface area (Å²) in [5.41, 5.74) is 2.77. The molecule has 0 atom stereocenters. The Bertz CT molecular complexity index is 1060. The van der Waals surface area contributed by atoms with Gasteiger partial charge >= 0.3 is 0 Å². The van der Waals surface area contributed by atoms with Crippen molar-refractivity contribution >= 4 is 23.1 Å². The van der Waals surface area contributed by atoms with Gasteiger partial charge in [0.25, 0.3) is 0 Å². The summed E-state index contributed by atoms with van der Waals surface area (Å²) < 4.78 is 1.67. The fourth-order valence-corrected chi connectivity index (χ4v) is 2.86. The zero-order valence-corrected chi connectivity index (χ0v) is 15.7. The summed E-state index contributed by atoms with van der Waals surface area (Å²) in [6.07, 6.45) is 6.17. The van der Waals surface area contributed by atoms with E-state index in [9.17, 15) is 4.79 Å². The van der Waals surface area contributed by atoms with Crippen molar-refractivity contribution in [1.82, 2.24) is 19.7 Å². The molecule has 0 radical (unpaired) electrons. The van der Waals surface area contributed by atoms with Gasteiger partial charge in [0, 0.05) is 36.3 Å². The maximum absolute atomic E-state index is 12.2. The molecule has 1 amide bonds. The number of anilines is 3. The molecular formula is C22H20N6O. The standard InChI is InChI=1S/C22H20N6O/c29-22(12-7-17-5-2-1-3-6-17)27-19-10-8-18(9-11-19)26-20-15-21(24-16-23-20)28-14-4-13-25-28/h1-6,8-11,13-16H,7,12H2,(H,27,29)(H,23,24,26). The summed E-state index contributed by atoms with van der Waals surface area (Å²) in [7, 11) is 0. The molecule has 0 aliphatic rings. The van der Waals surface area contributed by atoms with Gasteiger partial charge < -0.3 is 10.6 Å². The molecule has 0 aliphatic heterocycles. The minimum absolute atomic E-state index is 0.00535. The second kappa shape index (κ2) is 8.79. The molecule has 7 heteroatoms. The van der Waals surface area contributed by atoms with E-state index >= 15 is 0 Å². The van der Waals surface area contributed by atoms with Gasteiger partial charge in [0.05, 0.1) is 0 Å². The molecule has 4 rings (SSSR count). The molecule has 0 aliphatic carbocycles. The highest BCUT2D eigenvalue weighted by atomic mass is 16.1. The van der Waals surface area contributed by atoms with E-state index in [2.05, 4.69) is 25.7 Å². The Labute approximate surface area is 168 Å². The van der Waals surface area contributed by atoms with E-state index in [0.717, 1.165) is 23.4 Å². The lowest BCUT2D eigenvalue weighted by Gasteiger charge is -2.09. The van der Waals surface area contributed by atoms with E-state index in [4.69, 9.17) is 0 Å². The van der Waals surface area contributed by atoms with Gasteiger partial charge in [0.2, 0.25) is 5.91 Å². The van der Waals surface area contributed by atoms with Crippen LogP contribution >= 0.6 is 0 Å². The van der Waals surface area contributed by atoms with Gasteiger partial charge in [-0.2, -0.15) is 5.10 Å². The Kier molecular flexibility index (Phi) is 5.57. The number of aromatic nitrogens is 4. The van der Waals surface area contributed by atoms with Crippen LogP contribution in [0, 0.1) is 0 Å². The molecule has 2 N–H and O–H groups in total. The Balaban J connectivity index is 1.33. The summed E-state index contributed by atoms with van der Waals surface area (Å²) in [5, 5.41) is 10.3. The van der Waals surface area contributed by atoms with Crippen LogP contribution in [0.15, 0.2) is 85.5 Å². The molecule has 7 nitrogen and oxygen atoms in total. The summed E-state index contributed by atoms with van der Waals surface area (Å²) in [4.78, 5) is 20.6. The van der Waals surface area contributed by atoms with Gasteiger partial charge in [-0.05, 0) is 42.3 Å². The van der Waals surface area contributed by atoms with Crippen molar-refractivity contribution in [3.8, 4) is 5.82 Å². The first-order valence-corrected chi connectivity index (χ1v) is 9.29. The normalized spacial score (nSPS) is 10.5. The maximum Gasteiger partial charge on any atom is 0.224 e. The average Bonchev–Trinajstić information content (AvgIpc) is 3.30. The van der Waals surface area contributed by atoms with E-state index in [1.807, 2.05) is 72.9 Å².